The second kappa shape index (κ2) is 11.5. The number of benzene rings is 3. The summed E-state index contributed by atoms with van der Waals surface area (Å²) in [5.74, 6) is -1.60. The SMILES string of the molecule is Cc1cc(SCc2sc(-c3ccc(C(F)(F)F)cc3)nc2Cc2ccc(F)cc2F)ccc1OCC(=O)O. The molecule has 0 atom stereocenters. The van der Waals surface area contributed by atoms with Gasteiger partial charge in [-0.05, 0) is 54.4 Å². The van der Waals surface area contributed by atoms with E-state index in [0.29, 0.717) is 27.8 Å². The summed E-state index contributed by atoms with van der Waals surface area (Å²) in [6, 6.07) is 13.3. The Morgan fingerprint density at radius 2 is 1.79 bits per heavy atom. The number of alkyl halides is 3. The zero-order valence-electron chi connectivity index (χ0n) is 19.8. The quantitative estimate of drug-likeness (QED) is 0.166. The number of carboxylic acids is 1. The summed E-state index contributed by atoms with van der Waals surface area (Å²) in [6.07, 6.45) is -4.37. The zero-order chi connectivity index (χ0) is 27.4. The van der Waals surface area contributed by atoms with Gasteiger partial charge in [0.15, 0.2) is 6.61 Å². The Bertz CT molecular complexity index is 1450. The highest BCUT2D eigenvalue weighted by Crippen LogP contribution is 2.37. The van der Waals surface area contributed by atoms with Gasteiger partial charge in [0, 0.05) is 33.6 Å². The van der Waals surface area contributed by atoms with Gasteiger partial charge in [0.05, 0.1) is 11.3 Å². The van der Waals surface area contributed by atoms with Gasteiger partial charge < -0.3 is 9.84 Å². The van der Waals surface area contributed by atoms with E-state index in [1.54, 1.807) is 19.1 Å². The minimum Gasteiger partial charge on any atom is -0.482 e. The van der Waals surface area contributed by atoms with E-state index in [0.717, 1.165) is 39.6 Å². The van der Waals surface area contributed by atoms with Crippen molar-refractivity contribution in [1.29, 1.82) is 0 Å². The van der Waals surface area contributed by atoms with Crippen molar-refractivity contribution in [2.75, 3.05) is 6.61 Å². The number of thioether (sulfide) groups is 1. The van der Waals surface area contributed by atoms with Gasteiger partial charge in [0.1, 0.15) is 22.4 Å². The van der Waals surface area contributed by atoms with Crippen molar-refractivity contribution in [3.05, 3.63) is 99.6 Å². The summed E-state index contributed by atoms with van der Waals surface area (Å²) in [6.45, 7) is 1.34. The largest absolute Gasteiger partial charge is 0.482 e. The minimum absolute atomic E-state index is 0.0835. The van der Waals surface area contributed by atoms with Crippen LogP contribution in [-0.2, 0) is 23.1 Å². The minimum atomic E-state index is -4.46. The van der Waals surface area contributed by atoms with Crippen LogP contribution in [0.1, 0.15) is 27.3 Å². The lowest BCUT2D eigenvalue weighted by Crippen LogP contribution is -2.09. The van der Waals surface area contributed by atoms with E-state index in [4.69, 9.17) is 9.84 Å². The van der Waals surface area contributed by atoms with Crippen LogP contribution in [0.2, 0.25) is 0 Å². The van der Waals surface area contributed by atoms with Gasteiger partial charge in [-0.2, -0.15) is 13.2 Å². The molecule has 0 amide bonds. The van der Waals surface area contributed by atoms with Crippen LogP contribution in [0.5, 0.6) is 5.75 Å². The molecule has 0 spiro atoms. The first kappa shape index (κ1) is 27.6. The number of aromatic nitrogens is 1. The van der Waals surface area contributed by atoms with E-state index >= 15 is 0 Å². The Kier molecular flexibility index (Phi) is 8.37. The van der Waals surface area contributed by atoms with Crippen LogP contribution < -0.4 is 4.74 Å². The summed E-state index contributed by atoms with van der Waals surface area (Å²) >= 11 is 2.75. The van der Waals surface area contributed by atoms with Gasteiger partial charge in [-0.25, -0.2) is 18.6 Å². The molecule has 0 unspecified atom stereocenters. The molecule has 1 aromatic heterocycles. The predicted octanol–water partition coefficient (Wildman–Crippen LogP) is 7.76. The summed E-state index contributed by atoms with van der Waals surface area (Å²) in [7, 11) is 0. The van der Waals surface area contributed by atoms with Gasteiger partial charge in [0.2, 0.25) is 0 Å². The summed E-state index contributed by atoms with van der Waals surface area (Å²) in [5.41, 5.74) is 1.27. The van der Waals surface area contributed by atoms with Crippen LogP contribution in [0, 0.1) is 18.6 Å². The number of hydrogen-bond acceptors (Lipinski definition) is 5. The zero-order valence-corrected chi connectivity index (χ0v) is 21.4. The maximum absolute atomic E-state index is 14.4. The predicted molar refractivity (Wildman–Crippen MR) is 136 cm³/mol. The van der Waals surface area contributed by atoms with E-state index in [2.05, 4.69) is 4.98 Å². The molecule has 4 aromatic rings. The van der Waals surface area contributed by atoms with E-state index < -0.39 is 36.0 Å². The van der Waals surface area contributed by atoms with Crippen LogP contribution >= 0.6 is 23.1 Å². The summed E-state index contributed by atoms with van der Waals surface area (Å²) < 4.78 is 72.0. The number of halogens is 5. The number of carboxylic acid groups (broad SMARTS) is 1. The second-order valence-electron chi connectivity index (χ2n) is 8.27. The molecule has 38 heavy (non-hydrogen) atoms. The van der Waals surface area contributed by atoms with E-state index in [1.807, 2.05) is 6.07 Å². The van der Waals surface area contributed by atoms with Crippen LogP contribution in [0.4, 0.5) is 22.0 Å². The highest BCUT2D eigenvalue weighted by atomic mass is 32.2. The topological polar surface area (TPSA) is 59.4 Å². The van der Waals surface area contributed by atoms with Crippen LogP contribution in [0.25, 0.3) is 10.6 Å². The lowest BCUT2D eigenvalue weighted by Gasteiger charge is -2.09. The molecule has 11 heteroatoms. The smallest absolute Gasteiger partial charge is 0.416 e. The standard InChI is InChI=1S/C27H20F5NO3S2/c1-15-10-20(8-9-23(15)36-13-25(34)35)37-14-24-22(11-17-4-7-19(28)12-21(17)29)33-26(38-24)16-2-5-18(6-3-16)27(30,31)32/h2-10,12H,11,13-14H2,1H3,(H,34,35). The molecule has 4 rings (SSSR count). The molecule has 198 valence electrons. The first-order valence-electron chi connectivity index (χ1n) is 11.2. The molecular formula is C27H20F5NO3S2. The molecule has 0 fully saturated rings. The van der Waals surface area contributed by atoms with E-state index in [1.165, 1.54) is 41.3 Å². The van der Waals surface area contributed by atoms with Crippen molar-refractivity contribution in [2.45, 2.75) is 30.2 Å². The molecule has 0 aliphatic heterocycles. The van der Waals surface area contributed by atoms with Crippen molar-refractivity contribution in [2.24, 2.45) is 0 Å². The number of ether oxygens (including phenoxy) is 1. The summed E-state index contributed by atoms with van der Waals surface area (Å²) in [4.78, 5) is 17.0. The molecule has 0 aliphatic carbocycles. The highest BCUT2D eigenvalue weighted by molar-refractivity contribution is 7.98. The van der Waals surface area contributed by atoms with Gasteiger partial charge in [0.25, 0.3) is 0 Å². The van der Waals surface area contributed by atoms with Crippen LogP contribution in [0.15, 0.2) is 65.6 Å². The van der Waals surface area contributed by atoms with Crippen molar-refractivity contribution in [1.82, 2.24) is 4.98 Å². The number of hydrogen-bond donors (Lipinski definition) is 1. The number of aliphatic carboxylic acids is 1. The number of rotatable bonds is 9. The number of thiazole rings is 1. The molecule has 3 aromatic carbocycles. The lowest BCUT2D eigenvalue weighted by atomic mass is 10.1. The molecule has 0 aliphatic rings. The fourth-order valence-corrected chi connectivity index (χ4v) is 5.75. The molecule has 0 bridgehead atoms. The Hall–Kier alpha value is -3.44. The fourth-order valence-electron chi connectivity index (χ4n) is 3.57. The van der Waals surface area contributed by atoms with Crippen molar-refractivity contribution >= 4 is 29.1 Å². The fraction of sp³-hybridized carbons (Fsp3) is 0.185. The Morgan fingerprint density at radius 1 is 1.05 bits per heavy atom. The van der Waals surface area contributed by atoms with Crippen molar-refractivity contribution in [3.8, 4) is 16.3 Å². The number of aryl methyl sites for hydroxylation is 1. The van der Waals surface area contributed by atoms with Crippen LogP contribution in [0.3, 0.4) is 0 Å². The van der Waals surface area contributed by atoms with Crippen molar-refractivity contribution < 1.29 is 36.6 Å². The molecular weight excluding hydrogens is 545 g/mol. The third kappa shape index (κ3) is 6.90. The normalized spacial score (nSPS) is 11.5. The molecule has 0 saturated carbocycles. The third-order valence-electron chi connectivity index (χ3n) is 5.48. The molecule has 0 saturated heterocycles. The first-order chi connectivity index (χ1) is 18.0. The number of carbonyl (C=O) groups is 1. The lowest BCUT2D eigenvalue weighted by molar-refractivity contribution is -0.139. The molecule has 1 N–H and O–H groups in total. The van der Waals surface area contributed by atoms with E-state index in [-0.39, 0.29) is 12.0 Å². The molecule has 0 radical (unpaired) electrons. The Morgan fingerprint density at radius 3 is 2.42 bits per heavy atom. The van der Waals surface area contributed by atoms with Crippen molar-refractivity contribution in [3.63, 3.8) is 0 Å². The molecule has 4 nitrogen and oxygen atoms in total. The first-order valence-corrected chi connectivity index (χ1v) is 13.0. The maximum atomic E-state index is 14.4. The van der Waals surface area contributed by atoms with Gasteiger partial charge >= 0.3 is 12.1 Å². The average Bonchev–Trinajstić information content (AvgIpc) is 3.26. The van der Waals surface area contributed by atoms with Crippen LogP contribution in [-0.4, -0.2) is 22.7 Å². The number of nitrogens with zero attached hydrogens (tertiary/aromatic N) is 1. The maximum Gasteiger partial charge on any atom is 0.416 e. The Labute approximate surface area is 223 Å². The Balaban J connectivity index is 1.60. The monoisotopic (exact) mass is 565 g/mol. The summed E-state index contributed by atoms with van der Waals surface area (Å²) in [5, 5.41) is 9.29. The third-order valence-corrected chi connectivity index (χ3v) is 7.83. The molecule has 1 heterocycles. The van der Waals surface area contributed by atoms with Gasteiger partial charge in [-0.15, -0.1) is 23.1 Å². The van der Waals surface area contributed by atoms with Gasteiger partial charge in [-0.1, -0.05) is 18.2 Å². The highest BCUT2D eigenvalue weighted by Gasteiger charge is 2.30. The van der Waals surface area contributed by atoms with E-state index in [9.17, 15) is 26.7 Å². The van der Waals surface area contributed by atoms with Gasteiger partial charge in [-0.3, -0.25) is 0 Å². The second-order valence-corrected chi connectivity index (χ2v) is 10.4. The average molecular weight is 566 g/mol.